The van der Waals surface area contributed by atoms with E-state index < -0.39 is 0 Å². The molecular formula is C15H26Cl2N2O. The summed E-state index contributed by atoms with van der Waals surface area (Å²) in [5.41, 5.74) is 2.20. The number of nitrogens with one attached hydrogen (secondary N) is 1. The van der Waals surface area contributed by atoms with Crippen molar-refractivity contribution in [2.75, 3.05) is 26.2 Å². The van der Waals surface area contributed by atoms with Crippen molar-refractivity contribution in [1.82, 2.24) is 10.2 Å². The van der Waals surface area contributed by atoms with E-state index in [0.717, 1.165) is 50.1 Å². The summed E-state index contributed by atoms with van der Waals surface area (Å²) in [4.78, 5) is 2.49. The van der Waals surface area contributed by atoms with E-state index in [1.165, 1.54) is 0 Å². The lowest BCUT2D eigenvalue weighted by Gasteiger charge is -2.35. The number of phenolic OH excluding ortho intramolecular Hbond substituents is 1. The van der Waals surface area contributed by atoms with Gasteiger partial charge in [0.2, 0.25) is 0 Å². The first kappa shape index (κ1) is 19.5. The number of rotatable bonds is 4. The number of benzene rings is 1. The molecule has 1 aliphatic heterocycles. The van der Waals surface area contributed by atoms with Crippen LogP contribution in [-0.4, -0.2) is 36.2 Å². The molecule has 3 nitrogen and oxygen atoms in total. The molecule has 1 aromatic carbocycles. The molecule has 1 fully saturated rings. The topological polar surface area (TPSA) is 35.5 Å². The lowest BCUT2D eigenvalue weighted by Crippen LogP contribution is -2.45. The van der Waals surface area contributed by atoms with Gasteiger partial charge in [-0.15, -0.1) is 24.8 Å². The van der Waals surface area contributed by atoms with Crippen molar-refractivity contribution in [2.24, 2.45) is 0 Å². The molecule has 1 saturated heterocycles. The molecule has 5 heteroatoms. The monoisotopic (exact) mass is 320 g/mol. The number of aryl methyl sites for hydroxylation is 1. The predicted molar refractivity (Wildman–Crippen MR) is 89.4 cm³/mol. The highest BCUT2D eigenvalue weighted by molar-refractivity contribution is 5.85. The zero-order valence-corrected chi connectivity index (χ0v) is 13.9. The Kier molecular flexibility index (Phi) is 9.23. The van der Waals surface area contributed by atoms with Gasteiger partial charge in [-0.2, -0.15) is 0 Å². The van der Waals surface area contributed by atoms with Crippen LogP contribution in [0, 0.1) is 6.92 Å². The van der Waals surface area contributed by atoms with E-state index in [1.807, 2.05) is 13.0 Å². The maximum atomic E-state index is 10.2. The fraction of sp³-hybridized carbons (Fsp3) is 0.600. The van der Waals surface area contributed by atoms with Gasteiger partial charge in [-0.3, -0.25) is 4.90 Å². The Bertz CT molecular complexity index is 395. The maximum absolute atomic E-state index is 10.2. The second kappa shape index (κ2) is 9.46. The third kappa shape index (κ3) is 4.81. The van der Waals surface area contributed by atoms with Crippen LogP contribution in [0.2, 0.25) is 0 Å². The van der Waals surface area contributed by atoms with Gasteiger partial charge in [-0.05, 0) is 25.0 Å². The normalized spacial score (nSPS) is 16.9. The Morgan fingerprint density at radius 2 is 1.90 bits per heavy atom. The van der Waals surface area contributed by atoms with Gasteiger partial charge in [0, 0.05) is 37.8 Å². The van der Waals surface area contributed by atoms with Gasteiger partial charge in [0.1, 0.15) is 5.75 Å². The first-order valence-corrected chi connectivity index (χ1v) is 6.96. The number of aromatic hydroxyl groups is 1. The fourth-order valence-corrected chi connectivity index (χ4v) is 2.74. The van der Waals surface area contributed by atoms with Crippen LogP contribution in [0.25, 0.3) is 0 Å². The number of nitrogens with zero attached hydrogens (tertiary/aromatic N) is 1. The molecule has 0 unspecified atom stereocenters. The van der Waals surface area contributed by atoms with Crippen LogP contribution in [-0.2, 0) is 0 Å². The molecule has 0 aromatic heterocycles. The molecule has 1 atom stereocenters. The molecule has 2 N–H and O–H groups in total. The van der Waals surface area contributed by atoms with E-state index >= 15 is 0 Å². The molecule has 1 aromatic rings. The molecular weight excluding hydrogens is 295 g/mol. The van der Waals surface area contributed by atoms with Crippen molar-refractivity contribution in [3.63, 3.8) is 0 Å². The minimum Gasteiger partial charge on any atom is -0.508 e. The highest BCUT2D eigenvalue weighted by Crippen LogP contribution is 2.32. The molecule has 1 aliphatic rings. The van der Waals surface area contributed by atoms with Crippen LogP contribution in [0.5, 0.6) is 5.75 Å². The van der Waals surface area contributed by atoms with Crippen LogP contribution in [0.1, 0.15) is 36.9 Å². The van der Waals surface area contributed by atoms with Crippen LogP contribution in [0.3, 0.4) is 0 Å². The standard InChI is InChI=1S/C15H24N2O.2ClH/c1-3-4-14(17-9-7-16-8-10-17)13-6-5-12(2)11-15(13)18;;/h5-6,11,14,16,18H,3-4,7-10H2,1-2H3;2*1H/t14-;;/m0../s1. The largest absolute Gasteiger partial charge is 0.508 e. The zero-order valence-electron chi connectivity index (χ0n) is 12.3. The molecule has 0 radical (unpaired) electrons. The van der Waals surface area contributed by atoms with Gasteiger partial charge in [0.05, 0.1) is 0 Å². The SMILES string of the molecule is CCC[C@@H](c1ccc(C)cc1O)N1CCNCC1.Cl.Cl. The van der Waals surface area contributed by atoms with Crippen LogP contribution in [0.15, 0.2) is 18.2 Å². The molecule has 0 amide bonds. The number of halogens is 2. The second-order valence-corrected chi connectivity index (χ2v) is 5.15. The Morgan fingerprint density at radius 1 is 1.25 bits per heavy atom. The minimum atomic E-state index is 0. The number of piperazine rings is 1. The predicted octanol–water partition coefficient (Wildman–Crippen LogP) is 3.29. The molecule has 0 spiro atoms. The quantitative estimate of drug-likeness (QED) is 0.893. The van der Waals surface area contributed by atoms with E-state index in [9.17, 15) is 5.11 Å². The summed E-state index contributed by atoms with van der Waals surface area (Å²) >= 11 is 0. The van der Waals surface area contributed by atoms with E-state index in [4.69, 9.17) is 0 Å². The maximum Gasteiger partial charge on any atom is 0.120 e. The van der Waals surface area contributed by atoms with Gasteiger partial charge in [-0.25, -0.2) is 0 Å². The number of hydrogen-bond acceptors (Lipinski definition) is 3. The molecule has 0 saturated carbocycles. The smallest absolute Gasteiger partial charge is 0.120 e. The highest BCUT2D eigenvalue weighted by Gasteiger charge is 2.23. The average Bonchev–Trinajstić information content (AvgIpc) is 2.38. The molecule has 0 bridgehead atoms. The molecule has 116 valence electrons. The first-order valence-electron chi connectivity index (χ1n) is 6.96. The third-order valence-corrected chi connectivity index (χ3v) is 3.70. The summed E-state index contributed by atoms with van der Waals surface area (Å²) in [6, 6.07) is 6.42. The van der Waals surface area contributed by atoms with Crippen molar-refractivity contribution in [1.29, 1.82) is 0 Å². The third-order valence-electron chi connectivity index (χ3n) is 3.70. The number of phenols is 1. The van der Waals surface area contributed by atoms with Crippen molar-refractivity contribution >= 4 is 24.8 Å². The summed E-state index contributed by atoms with van der Waals surface area (Å²) in [7, 11) is 0. The lowest BCUT2D eigenvalue weighted by atomic mass is 9.98. The lowest BCUT2D eigenvalue weighted by molar-refractivity contribution is 0.162. The van der Waals surface area contributed by atoms with Crippen molar-refractivity contribution in [3.8, 4) is 5.75 Å². The van der Waals surface area contributed by atoms with Crippen LogP contribution < -0.4 is 5.32 Å². The van der Waals surface area contributed by atoms with E-state index in [-0.39, 0.29) is 24.8 Å². The second-order valence-electron chi connectivity index (χ2n) is 5.15. The van der Waals surface area contributed by atoms with Gasteiger partial charge in [0.15, 0.2) is 0 Å². The molecule has 20 heavy (non-hydrogen) atoms. The minimum absolute atomic E-state index is 0. The summed E-state index contributed by atoms with van der Waals surface area (Å²) in [6.07, 6.45) is 2.25. The Hall–Kier alpha value is -0.480. The summed E-state index contributed by atoms with van der Waals surface area (Å²) in [5, 5.41) is 13.6. The summed E-state index contributed by atoms with van der Waals surface area (Å²) < 4.78 is 0. The van der Waals surface area contributed by atoms with Gasteiger partial charge < -0.3 is 10.4 Å². The van der Waals surface area contributed by atoms with Crippen LogP contribution >= 0.6 is 24.8 Å². The summed E-state index contributed by atoms with van der Waals surface area (Å²) in [6.45, 7) is 8.46. The van der Waals surface area contributed by atoms with Gasteiger partial charge in [0.25, 0.3) is 0 Å². The van der Waals surface area contributed by atoms with Crippen LogP contribution in [0.4, 0.5) is 0 Å². The fourth-order valence-electron chi connectivity index (χ4n) is 2.74. The van der Waals surface area contributed by atoms with Crippen molar-refractivity contribution < 1.29 is 5.11 Å². The Balaban J connectivity index is 0.00000180. The summed E-state index contributed by atoms with van der Waals surface area (Å²) in [5.74, 6) is 0.451. The van der Waals surface area contributed by atoms with Gasteiger partial charge >= 0.3 is 0 Å². The highest BCUT2D eigenvalue weighted by atomic mass is 35.5. The van der Waals surface area contributed by atoms with E-state index in [2.05, 4.69) is 29.3 Å². The zero-order chi connectivity index (χ0) is 13.0. The van der Waals surface area contributed by atoms with E-state index in [0.29, 0.717) is 11.8 Å². The number of hydrogen-bond donors (Lipinski definition) is 2. The first-order chi connectivity index (χ1) is 8.72. The van der Waals surface area contributed by atoms with Gasteiger partial charge in [-0.1, -0.05) is 25.5 Å². The molecule has 1 heterocycles. The average molecular weight is 321 g/mol. The van der Waals surface area contributed by atoms with Crippen molar-refractivity contribution in [3.05, 3.63) is 29.3 Å². The van der Waals surface area contributed by atoms with E-state index in [1.54, 1.807) is 0 Å². The van der Waals surface area contributed by atoms with Crippen molar-refractivity contribution in [2.45, 2.75) is 32.7 Å². The Labute approximate surface area is 134 Å². The molecule has 0 aliphatic carbocycles. The molecule has 2 rings (SSSR count). The Morgan fingerprint density at radius 3 is 2.45 bits per heavy atom.